The van der Waals surface area contributed by atoms with Crippen molar-refractivity contribution in [1.29, 1.82) is 0 Å². The maximum Gasteiger partial charge on any atom is 0.0321 e. The molecule has 1 saturated heterocycles. The minimum Gasteiger partial charge on any atom is -0.327 e. The van der Waals surface area contributed by atoms with Crippen LogP contribution in [0.1, 0.15) is 38.3 Å². The molecule has 2 heterocycles. The number of nitrogens with two attached hydrogens (primary N) is 1. The first-order valence-corrected chi connectivity index (χ1v) is 6.62. The summed E-state index contributed by atoms with van der Waals surface area (Å²) in [7, 11) is 0. The smallest absolute Gasteiger partial charge is 0.0321 e. The summed E-state index contributed by atoms with van der Waals surface area (Å²) in [5.41, 5.74) is 7.51. The second-order valence-electron chi connectivity index (χ2n) is 5.07. The highest BCUT2D eigenvalue weighted by Gasteiger charge is 2.28. The molecule has 0 spiro atoms. The van der Waals surface area contributed by atoms with E-state index in [1.54, 1.807) is 0 Å². The molecule has 0 aromatic carbocycles. The lowest BCUT2D eigenvalue weighted by Crippen LogP contribution is -2.47. The molecule has 0 aliphatic carbocycles. The molecule has 0 bridgehead atoms. The molecule has 3 heteroatoms. The second kappa shape index (κ2) is 5.61. The average molecular weight is 233 g/mol. The maximum absolute atomic E-state index is 6.15. The third-order valence-corrected chi connectivity index (χ3v) is 4.08. The summed E-state index contributed by atoms with van der Waals surface area (Å²) in [6, 6.07) is 5.08. The third kappa shape index (κ3) is 2.85. The quantitative estimate of drug-likeness (QED) is 0.870. The number of rotatable bonds is 3. The fourth-order valence-electron chi connectivity index (χ4n) is 2.71. The van der Waals surface area contributed by atoms with Gasteiger partial charge in [-0.1, -0.05) is 13.3 Å². The standard InChI is InChI=1S/C14H23N3/c1-3-12-10-17(9-6-14(12)15)11(2)13-4-7-16-8-5-13/h4-5,7-8,11-12,14H,3,6,9-10,15H2,1-2H3. The molecule has 1 aromatic heterocycles. The minimum absolute atomic E-state index is 0.390. The van der Waals surface area contributed by atoms with E-state index in [0.717, 1.165) is 19.5 Å². The molecule has 0 saturated carbocycles. The Morgan fingerprint density at radius 3 is 2.82 bits per heavy atom. The van der Waals surface area contributed by atoms with E-state index in [9.17, 15) is 0 Å². The van der Waals surface area contributed by atoms with E-state index in [2.05, 4.69) is 35.9 Å². The van der Waals surface area contributed by atoms with Gasteiger partial charge in [-0.05, 0) is 37.0 Å². The van der Waals surface area contributed by atoms with Crippen molar-refractivity contribution in [2.75, 3.05) is 13.1 Å². The van der Waals surface area contributed by atoms with Crippen molar-refractivity contribution in [2.45, 2.75) is 38.8 Å². The zero-order chi connectivity index (χ0) is 12.3. The van der Waals surface area contributed by atoms with Crippen molar-refractivity contribution >= 4 is 0 Å². The van der Waals surface area contributed by atoms with Crippen molar-refractivity contribution in [3.63, 3.8) is 0 Å². The highest BCUT2D eigenvalue weighted by atomic mass is 15.2. The van der Waals surface area contributed by atoms with Crippen molar-refractivity contribution in [2.24, 2.45) is 11.7 Å². The van der Waals surface area contributed by atoms with Crippen molar-refractivity contribution in [3.05, 3.63) is 30.1 Å². The fraction of sp³-hybridized carbons (Fsp3) is 0.643. The molecule has 1 fully saturated rings. The number of likely N-dealkylation sites (tertiary alicyclic amines) is 1. The molecule has 3 nitrogen and oxygen atoms in total. The maximum atomic E-state index is 6.15. The topological polar surface area (TPSA) is 42.2 Å². The van der Waals surface area contributed by atoms with Crippen LogP contribution in [-0.2, 0) is 0 Å². The molecule has 3 unspecified atom stereocenters. The summed E-state index contributed by atoms with van der Waals surface area (Å²) in [6.07, 6.45) is 6.05. The first-order chi connectivity index (χ1) is 8.22. The Balaban J connectivity index is 2.03. The van der Waals surface area contributed by atoms with E-state index in [4.69, 9.17) is 5.73 Å². The molecule has 0 radical (unpaired) electrons. The summed E-state index contributed by atoms with van der Waals surface area (Å²) >= 11 is 0. The molecule has 1 aliphatic rings. The number of hydrogen-bond donors (Lipinski definition) is 1. The van der Waals surface area contributed by atoms with E-state index in [-0.39, 0.29) is 0 Å². The Kier molecular flexibility index (Phi) is 4.13. The molecule has 3 atom stereocenters. The largest absolute Gasteiger partial charge is 0.327 e. The van der Waals surface area contributed by atoms with Crippen molar-refractivity contribution < 1.29 is 0 Å². The Hall–Kier alpha value is -0.930. The highest BCUT2D eigenvalue weighted by molar-refractivity contribution is 5.14. The Labute approximate surface area is 104 Å². The van der Waals surface area contributed by atoms with Crippen LogP contribution in [0.25, 0.3) is 0 Å². The van der Waals surface area contributed by atoms with E-state index in [1.165, 1.54) is 12.0 Å². The van der Waals surface area contributed by atoms with E-state index < -0.39 is 0 Å². The van der Waals surface area contributed by atoms with Gasteiger partial charge in [-0.25, -0.2) is 0 Å². The van der Waals surface area contributed by atoms with Crippen LogP contribution in [0.2, 0.25) is 0 Å². The molecule has 94 valence electrons. The second-order valence-corrected chi connectivity index (χ2v) is 5.07. The van der Waals surface area contributed by atoms with Gasteiger partial charge in [-0.2, -0.15) is 0 Å². The van der Waals surface area contributed by atoms with Crippen LogP contribution >= 0.6 is 0 Å². The van der Waals surface area contributed by atoms with Crippen LogP contribution in [0.4, 0.5) is 0 Å². The first kappa shape index (κ1) is 12.5. The van der Waals surface area contributed by atoms with Crippen LogP contribution in [-0.4, -0.2) is 29.0 Å². The lowest BCUT2D eigenvalue weighted by molar-refractivity contribution is 0.114. The number of aromatic nitrogens is 1. The van der Waals surface area contributed by atoms with Gasteiger partial charge in [-0.3, -0.25) is 9.88 Å². The summed E-state index contributed by atoms with van der Waals surface area (Å²) in [5.74, 6) is 0.646. The van der Waals surface area contributed by atoms with Crippen LogP contribution < -0.4 is 5.73 Å². The molecule has 2 rings (SSSR count). The van der Waals surface area contributed by atoms with Gasteiger partial charge in [0.1, 0.15) is 0 Å². The van der Waals surface area contributed by atoms with Gasteiger partial charge >= 0.3 is 0 Å². The summed E-state index contributed by atoms with van der Waals surface area (Å²) in [5, 5.41) is 0. The zero-order valence-electron chi connectivity index (χ0n) is 10.8. The lowest BCUT2D eigenvalue weighted by atomic mass is 9.89. The molecule has 1 aromatic rings. The van der Waals surface area contributed by atoms with Gasteiger partial charge in [-0.15, -0.1) is 0 Å². The number of nitrogens with zero attached hydrogens (tertiary/aromatic N) is 2. The van der Waals surface area contributed by atoms with Crippen LogP contribution in [0.15, 0.2) is 24.5 Å². The summed E-state index contributed by atoms with van der Waals surface area (Å²) in [6.45, 7) is 6.76. The van der Waals surface area contributed by atoms with E-state index >= 15 is 0 Å². The zero-order valence-corrected chi connectivity index (χ0v) is 10.8. The van der Waals surface area contributed by atoms with Gasteiger partial charge < -0.3 is 5.73 Å². The third-order valence-electron chi connectivity index (χ3n) is 4.08. The van der Waals surface area contributed by atoms with Gasteiger partial charge in [0.15, 0.2) is 0 Å². The summed E-state index contributed by atoms with van der Waals surface area (Å²) in [4.78, 5) is 6.63. The van der Waals surface area contributed by atoms with Crippen LogP contribution in [0.5, 0.6) is 0 Å². The van der Waals surface area contributed by atoms with E-state index in [0.29, 0.717) is 18.0 Å². The van der Waals surface area contributed by atoms with Crippen molar-refractivity contribution in [1.82, 2.24) is 9.88 Å². The number of pyridine rings is 1. The number of hydrogen-bond acceptors (Lipinski definition) is 3. The minimum atomic E-state index is 0.390. The van der Waals surface area contributed by atoms with Gasteiger partial charge in [0.25, 0.3) is 0 Å². The SMILES string of the molecule is CCC1CN(C(C)c2ccncc2)CCC1N. The molecular formula is C14H23N3. The fourth-order valence-corrected chi connectivity index (χ4v) is 2.71. The highest BCUT2D eigenvalue weighted by Crippen LogP contribution is 2.26. The summed E-state index contributed by atoms with van der Waals surface area (Å²) < 4.78 is 0. The molecule has 17 heavy (non-hydrogen) atoms. The van der Waals surface area contributed by atoms with E-state index in [1.807, 2.05) is 12.4 Å². The Morgan fingerprint density at radius 2 is 2.18 bits per heavy atom. The van der Waals surface area contributed by atoms with Crippen LogP contribution in [0.3, 0.4) is 0 Å². The van der Waals surface area contributed by atoms with Gasteiger partial charge in [0.2, 0.25) is 0 Å². The predicted octanol–water partition coefficient (Wildman–Crippen LogP) is 2.20. The van der Waals surface area contributed by atoms with Crippen LogP contribution in [0, 0.1) is 5.92 Å². The number of piperidine rings is 1. The normalized spacial score (nSPS) is 27.9. The predicted molar refractivity (Wildman–Crippen MR) is 70.6 cm³/mol. The van der Waals surface area contributed by atoms with Gasteiger partial charge in [0.05, 0.1) is 0 Å². The molecular weight excluding hydrogens is 210 g/mol. The van der Waals surface area contributed by atoms with Gasteiger partial charge in [0, 0.05) is 37.6 Å². The molecule has 0 amide bonds. The Morgan fingerprint density at radius 1 is 1.47 bits per heavy atom. The molecule has 2 N–H and O–H groups in total. The Bertz CT molecular complexity index is 339. The average Bonchev–Trinajstić information content (AvgIpc) is 2.39. The molecule has 1 aliphatic heterocycles. The lowest BCUT2D eigenvalue weighted by Gasteiger charge is -2.40. The first-order valence-electron chi connectivity index (χ1n) is 6.62. The monoisotopic (exact) mass is 233 g/mol. The van der Waals surface area contributed by atoms with Crippen molar-refractivity contribution in [3.8, 4) is 0 Å².